The largest absolute Gasteiger partial charge is 0.417 e. The number of amides is 2. The van der Waals surface area contributed by atoms with Crippen molar-refractivity contribution in [2.45, 2.75) is 38.4 Å². The molecule has 0 aliphatic heterocycles. The predicted molar refractivity (Wildman–Crippen MR) is 80.1 cm³/mol. The molecule has 0 radical (unpaired) electrons. The third-order valence-electron chi connectivity index (χ3n) is 3.53. The first kappa shape index (κ1) is 17.6. The van der Waals surface area contributed by atoms with Gasteiger partial charge in [0.25, 0.3) is 0 Å². The van der Waals surface area contributed by atoms with Gasteiger partial charge in [-0.3, -0.25) is 9.59 Å². The number of anilines is 1. The van der Waals surface area contributed by atoms with Crippen LogP contribution >= 0.6 is 11.6 Å². The summed E-state index contributed by atoms with van der Waals surface area (Å²) in [6, 6.07) is 3.38. The van der Waals surface area contributed by atoms with E-state index in [0.29, 0.717) is 0 Å². The zero-order valence-electron chi connectivity index (χ0n) is 12.4. The topological polar surface area (TPSA) is 49.4 Å². The Morgan fingerprint density at radius 1 is 1.35 bits per heavy atom. The fourth-order valence-electron chi connectivity index (χ4n) is 2.25. The van der Waals surface area contributed by atoms with Gasteiger partial charge >= 0.3 is 6.18 Å². The Labute approximate surface area is 136 Å². The average Bonchev–Trinajstić information content (AvgIpc) is 3.24. The van der Waals surface area contributed by atoms with Crippen molar-refractivity contribution in [1.29, 1.82) is 0 Å². The number of hydrogen-bond donors (Lipinski definition) is 1. The van der Waals surface area contributed by atoms with Gasteiger partial charge in [-0.05, 0) is 31.0 Å². The van der Waals surface area contributed by atoms with E-state index in [1.54, 1.807) is 4.90 Å². The third kappa shape index (κ3) is 4.86. The van der Waals surface area contributed by atoms with Crippen LogP contribution in [0.15, 0.2) is 18.2 Å². The minimum absolute atomic E-state index is 0.0209. The molecule has 1 aliphatic rings. The minimum atomic E-state index is -4.59. The van der Waals surface area contributed by atoms with Gasteiger partial charge in [-0.15, -0.1) is 0 Å². The summed E-state index contributed by atoms with van der Waals surface area (Å²) in [7, 11) is 0. The average molecular weight is 349 g/mol. The molecule has 2 amide bonds. The summed E-state index contributed by atoms with van der Waals surface area (Å²) in [6.07, 6.45) is -2.71. The maximum absolute atomic E-state index is 12.8. The normalized spacial score (nSPS) is 14.5. The van der Waals surface area contributed by atoms with Gasteiger partial charge in [-0.1, -0.05) is 11.6 Å². The molecule has 1 fully saturated rings. The number of carbonyl (C=O) groups is 2. The van der Waals surface area contributed by atoms with Crippen LogP contribution in [0, 0.1) is 0 Å². The zero-order chi connectivity index (χ0) is 17.2. The van der Waals surface area contributed by atoms with E-state index in [0.717, 1.165) is 25.0 Å². The van der Waals surface area contributed by atoms with Crippen LogP contribution in [0.4, 0.5) is 18.9 Å². The molecular weight excluding hydrogens is 333 g/mol. The number of nitrogens with one attached hydrogen (secondary N) is 1. The molecule has 0 heterocycles. The summed E-state index contributed by atoms with van der Waals surface area (Å²) in [5.41, 5.74) is -0.979. The molecule has 1 N–H and O–H groups in total. The highest BCUT2D eigenvalue weighted by atomic mass is 35.5. The molecule has 126 valence electrons. The molecular formula is C15H16ClF3N2O2. The number of halogens is 4. The smallest absolute Gasteiger partial charge is 0.339 e. The summed E-state index contributed by atoms with van der Waals surface area (Å²) in [5, 5.41) is 1.98. The Hall–Kier alpha value is -1.76. The van der Waals surface area contributed by atoms with Crippen molar-refractivity contribution in [3.8, 4) is 0 Å². The molecule has 8 heteroatoms. The maximum atomic E-state index is 12.8. The lowest BCUT2D eigenvalue weighted by Crippen LogP contribution is -2.33. The van der Waals surface area contributed by atoms with Crippen molar-refractivity contribution in [1.82, 2.24) is 4.90 Å². The molecule has 1 aromatic rings. The molecule has 0 spiro atoms. The van der Waals surface area contributed by atoms with Gasteiger partial charge in [0.05, 0.1) is 10.6 Å². The van der Waals surface area contributed by atoms with E-state index in [1.165, 1.54) is 13.0 Å². The van der Waals surface area contributed by atoms with Crippen LogP contribution in [-0.2, 0) is 15.8 Å². The van der Waals surface area contributed by atoms with Crippen LogP contribution < -0.4 is 5.32 Å². The maximum Gasteiger partial charge on any atom is 0.417 e. The van der Waals surface area contributed by atoms with Gasteiger partial charge < -0.3 is 10.2 Å². The van der Waals surface area contributed by atoms with Crippen molar-refractivity contribution < 1.29 is 22.8 Å². The van der Waals surface area contributed by atoms with Gasteiger partial charge in [-0.2, -0.15) is 13.2 Å². The second-order valence-corrected chi connectivity index (χ2v) is 5.84. The number of rotatable bonds is 5. The molecule has 23 heavy (non-hydrogen) atoms. The highest BCUT2D eigenvalue weighted by Crippen LogP contribution is 2.36. The number of benzene rings is 1. The lowest BCUT2D eigenvalue weighted by Gasteiger charge is -2.20. The zero-order valence-corrected chi connectivity index (χ0v) is 13.2. The van der Waals surface area contributed by atoms with Crippen LogP contribution in [0.3, 0.4) is 0 Å². The highest BCUT2D eigenvalue weighted by molar-refractivity contribution is 6.31. The van der Waals surface area contributed by atoms with Crippen LogP contribution in [0.1, 0.15) is 31.7 Å². The van der Waals surface area contributed by atoms with Crippen LogP contribution in [-0.4, -0.2) is 29.3 Å². The first-order valence-electron chi connectivity index (χ1n) is 7.12. The van der Waals surface area contributed by atoms with Crippen molar-refractivity contribution in [2.24, 2.45) is 0 Å². The van der Waals surface area contributed by atoms with Gasteiger partial charge in [0, 0.05) is 31.6 Å². The molecule has 4 nitrogen and oxygen atoms in total. The fourth-order valence-corrected chi connectivity index (χ4v) is 2.47. The predicted octanol–water partition coefficient (Wildman–Crippen LogP) is 3.70. The Morgan fingerprint density at radius 2 is 2.00 bits per heavy atom. The summed E-state index contributed by atoms with van der Waals surface area (Å²) in [4.78, 5) is 24.9. The van der Waals surface area contributed by atoms with E-state index >= 15 is 0 Å². The first-order chi connectivity index (χ1) is 10.7. The number of hydrogen-bond acceptors (Lipinski definition) is 2. The lowest BCUT2D eigenvalue weighted by molar-refractivity contribution is -0.137. The molecule has 0 bridgehead atoms. The quantitative estimate of drug-likeness (QED) is 0.882. The monoisotopic (exact) mass is 348 g/mol. The van der Waals surface area contributed by atoms with Gasteiger partial charge in [0.15, 0.2) is 0 Å². The van der Waals surface area contributed by atoms with E-state index in [2.05, 4.69) is 5.32 Å². The molecule has 1 aliphatic carbocycles. The number of nitrogens with zero attached hydrogens (tertiary/aromatic N) is 1. The first-order valence-corrected chi connectivity index (χ1v) is 7.50. The minimum Gasteiger partial charge on any atom is -0.339 e. The second-order valence-electron chi connectivity index (χ2n) is 5.43. The van der Waals surface area contributed by atoms with Crippen LogP contribution in [0.2, 0.25) is 5.02 Å². The van der Waals surface area contributed by atoms with Crippen molar-refractivity contribution in [3.63, 3.8) is 0 Å². The van der Waals surface area contributed by atoms with E-state index < -0.39 is 22.7 Å². The Bertz CT molecular complexity index is 615. The van der Waals surface area contributed by atoms with E-state index in [4.69, 9.17) is 11.6 Å². The van der Waals surface area contributed by atoms with Crippen LogP contribution in [0.25, 0.3) is 0 Å². The Morgan fingerprint density at radius 3 is 2.52 bits per heavy atom. The molecule has 1 saturated carbocycles. The standard InChI is InChI=1S/C15H16ClF3N2O2/c1-9(22)21(11-3-4-11)7-6-14(23)20-10-2-5-13(16)12(8-10)15(17,18)19/h2,5,8,11H,3-4,6-7H2,1H3,(H,20,23). The van der Waals surface area contributed by atoms with Crippen molar-refractivity contribution >= 4 is 29.1 Å². The van der Waals surface area contributed by atoms with Gasteiger partial charge in [0.2, 0.25) is 11.8 Å². The van der Waals surface area contributed by atoms with E-state index in [-0.39, 0.29) is 30.6 Å². The van der Waals surface area contributed by atoms with Crippen LogP contribution in [0.5, 0.6) is 0 Å². The SMILES string of the molecule is CC(=O)N(CCC(=O)Nc1ccc(Cl)c(C(F)(F)F)c1)C1CC1. The molecule has 0 saturated heterocycles. The summed E-state index contributed by atoms with van der Waals surface area (Å²) in [6.45, 7) is 1.69. The van der Waals surface area contributed by atoms with Gasteiger partial charge in [-0.25, -0.2) is 0 Å². The Kier molecular flexibility index (Phi) is 5.19. The third-order valence-corrected chi connectivity index (χ3v) is 3.86. The molecule has 2 rings (SSSR count). The number of alkyl halides is 3. The Balaban J connectivity index is 1.96. The summed E-state index contributed by atoms with van der Waals surface area (Å²) < 4.78 is 38.3. The lowest BCUT2D eigenvalue weighted by atomic mass is 10.2. The summed E-state index contributed by atoms with van der Waals surface area (Å²) in [5.74, 6) is -0.557. The molecule has 1 aromatic carbocycles. The summed E-state index contributed by atoms with van der Waals surface area (Å²) >= 11 is 5.52. The molecule has 0 atom stereocenters. The van der Waals surface area contributed by atoms with E-state index in [1.807, 2.05) is 0 Å². The number of carbonyl (C=O) groups excluding carboxylic acids is 2. The highest BCUT2D eigenvalue weighted by Gasteiger charge is 2.33. The molecule has 0 unspecified atom stereocenters. The van der Waals surface area contributed by atoms with Crippen molar-refractivity contribution in [3.05, 3.63) is 28.8 Å². The van der Waals surface area contributed by atoms with Crippen molar-refractivity contribution in [2.75, 3.05) is 11.9 Å². The fraction of sp³-hybridized carbons (Fsp3) is 0.467. The van der Waals surface area contributed by atoms with E-state index in [9.17, 15) is 22.8 Å². The molecule has 0 aromatic heterocycles. The second kappa shape index (κ2) is 6.78. The van der Waals surface area contributed by atoms with Gasteiger partial charge in [0.1, 0.15) is 0 Å².